The smallest absolute Gasteiger partial charge is 0.0270 e. The molecule has 0 saturated carbocycles. The van der Waals surface area contributed by atoms with Gasteiger partial charge < -0.3 is 10.2 Å². The first-order valence-corrected chi connectivity index (χ1v) is 7.65. The summed E-state index contributed by atoms with van der Waals surface area (Å²) in [5.41, 5.74) is 1.40. The lowest BCUT2D eigenvalue weighted by Gasteiger charge is -2.32. The molecule has 1 aromatic rings. The fraction of sp³-hybridized carbons (Fsp3) is 0.688. The van der Waals surface area contributed by atoms with E-state index in [-0.39, 0.29) is 0 Å². The molecule has 2 atom stereocenters. The zero-order chi connectivity index (χ0) is 13.5. The van der Waals surface area contributed by atoms with Crippen LogP contribution in [0.3, 0.4) is 0 Å². The quantitative estimate of drug-likeness (QED) is 0.902. The number of hydrogen-bond acceptors (Lipinski definition) is 3. The molecule has 0 radical (unpaired) electrons. The molecule has 0 aromatic carbocycles. The van der Waals surface area contributed by atoms with E-state index >= 15 is 0 Å². The van der Waals surface area contributed by atoms with Crippen LogP contribution >= 0.6 is 0 Å². The van der Waals surface area contributed by atoms with Gasteiger partial charge in [-0.1, -0.05) is 6.92 Å². The summed E-state index contributed by atoms with van der Waals surface area (Å²) in [5, 5.41) is 3.73. The van der Waals surface area contributed by atoms with Gasteiger partial charge in [-0.05, 0) is 63.4 Å². The van der Waals surface area contributed by atoms with Crippen LogP contribution in [0.15, 0.2) is 24.5 Å². The Hall–Kier alpha value is -0.930. The number of rotatable bonds is 4. The van der Waals surface area contributed by atoms with Gasteiger partial charge in [-0.2, -0.15) is 0 Å². The molecule has 1 N–H and O–H groups in total. The molecule has 3 nitrogen and oxygen atoms in total. The molecule has 19 heavy (non-hydrogen) atoms. The van der Waals surface area contributed by atoms with Crippen LogP contribution in [-0.4, -0.2) is 41.6 Å². The first-order valence-electron chi connectivity index (χ1n) is 7.65. The van der Waals surface area contributed by atoms with Gasteiger partial charge in [-0.25, -0.2) is 0 Å². The summed E-state index contributed by atoms with van der Waals surface area (Å²) >= 11 is 0. The summed E-state index contributed by atoms with van der Waals surface area (Å²) < 4.78 is 0. The average Bonchev–Trinajstić information content (AvgIpc) is 2.43. The van der Waals surface area contributed by atoms with Crippen molar-refractivity contribution in [1.82, 2.24) is 15.2 Å². The van der Waals surface area contributed by atoms with Crippen molar-refractivity contribution >= 4 is 0 Å². The lowest BCUT2D eigenvalue weighted by atomic mass is 10.1. The van der Waals surface area contributed by atoms with Crippen LogP contribution in [0.2, 0.25) is 0 Å². The van der Waals surface area contributed by atoms with Crippen LogP contribution in [-0.2, 0) is 6.42 Å². The van der Waals surface area contributed by atoms with Crippen molar-refractivity contribution in [2.45, 2.75) is 51.6 Å². The molecule has 3 heteroatoms. The van der Waals surface area contributed by atoms with Crippen LogP contribution in [0.5, 0.6) is 0 Å². The fourth-order valence-corrected chi connectivity index (χ4v) is 2.78. The predicted molar refractivity (Wildman–Crippen MR) is 80.3 cm³/mol. The van der Waals surface area contributed by atoms with Crippen molar-refractivity contribution in [2.24, 2.45) is 0 Å². The Bertz CT molecular complexity index is 352. The van der Waals surface area contributed by atoms with Gasteiger partial charge in [0.2, 0.25) is 0 Å². The molecule has 0 spiro atoms. The van der Waals surface area contributed by atoms with Gasteiger partial charge in [0.15, 0.2) is 0 Å². The zero-order valence-electron chi connectivity index (χ0n) is 12.3. The van der Waals surface area contributed by atoms with Crippen molar-refractivity contribution in [2.75, 3.05) is 19.6 Å². The third-order valence-corrected chi connectivity index (χ3v) is 4.15. The van der Waals surface area contributed by atoms with E-state index < -0.39 is 0 Å². The second kappa shape index (κ2) is 7.61. The molecule has 2 rings (SSSR count). The number of pyridine rings is 1. The first kappa shape index (κ1) is 14.5. The Balaban J connectivity index is 1.82. The average molecular weight is 261 g/mol. The summed E-state index contributed by atoms with van der Waals surface area (Å²) in [5.74, 6) is 0. The van der Waals surface area contributed by atoms with Crippen molar-refractivity contribution in [3.05, 3.63) is 30.1 Å². The van der Waals surface area contributed by atoms with Gasteiger partial charge in [0.05, 0.1) is 0 Å². The van der Waals surface area contributed by atoms with Crippen molar-refractivity contribution in [1.29, 1.82) is 0 Å². The van der Waals surface area contributed by atoms with Crippen molar-refractivity contribution in [3.63, 3.8) is 0 Å². The molecule has 1 aliphatic rings. The number of hydrogen-bond donors (Lipinski definition) is 1. The highest BCUT2D eigenvalue weighted by Gasteiger charge is 2.17. The monoisotopic (exact) mass is 261 g/mol. The van der Waals surface area contributed by atoms with E-state index in [1.165, 1.54) is 44.5 Å². The third-order valence-electron chi connectivity index (χ3n) is 4.15. The molecule has 0 bridgehead atoms. The Morgan fingerprint density at radius 2 is 2.00 bits per heavy atom. The van der Waals surface area contributed by atoms with Crippen molar-refractivity contribution in [3.8, 4) is 0 Å². The van der Waals surface area contributed by atoms with E-state index in [1.807, 2.05) is 12.4 Å². The summed E-state index contributed by atoms with van der Waals surface area (Å²) in [4.78, 5) is 6.70. The van der Waals surface area contributed by atoms with Gasteiger partial charge in [-0.3, -0.25) is 4.98 Å². The molecule has 2 unspecified atom stereocenters. The maximum absolute atomic E-state index is 4.08. The molecule has 1 aromatic heterocycles. The Kier molecular flexibility index (Phi) is 5.80. The maximum atomic E-state index is 4.08. The Morgan fingerprint density at radius 3 is 2.74 bits per heavy atom. The normalized spacial score (nSPS) is 25.8. The standard InChI is InChI=1S/C16H27N3/c1-3-16-8-13-19(11-6-14(2)18-16)12-7-15-4-9-17-10-5-15/h4-5,9-10,14,16,18H,3,6-8,11-13H2,1-2H3. The largest absolute Gasteiger partial charge is 0.311 e. The predicted octanol–water partition coefficient (Wildman–Crippen LogP) is 2.48. The van der Waals surface area contributed by atoms with Gasteiger partial charge >= 0.3 is 0 Å². The van der Waals surface area contributed by atoms with E-state index in [9.17, 15) is 0 Å². The molecular weight excluding hydrogens is 234 g/mol. The SMILES string of the molecule is CCC1CCN(CCc2ccncc2)CCC(C)N1. The van der Waals surface area contributed by atoms with Gasteiger partial charge in [0, 0.05) is 31.0 Å². The van der Waals surface area contributed by atoms with Crippen LogP contribution in [0.4, 0.5) is 0 Å². The van der Waals surface area contributed by atoms with Gasteiger partial charge in [-0.15, -0.1) is 0 Å². The number of nitrogens with zero attached hydrogens (tertiary/aromatic N) is 2. The minimum Gasteiger partial charge on any atom is -0.311 e. The van der Waals surface area contributed by atoms with Crippen LogP contribution < -0.4 is 5.32 Å². The molecule has 1 aliphatic heterocycles. The van der Waals surface area contributed by atoms with Crippen molar-refractivity contribution < 1.29 is 0 Å². The van der Waals surface area contributed by atoms with Gasteiger partial charge in [0.1, 0.15) is 0 Å². The summed E-state index contributed by atoms with van der Waals surface area (Å²) in [6.45, 7) is 8.22. The number of aromatic nitrogens is 1. The molecule has 1 saturated heterocycles. The van der Waals surface area contributed by atoms with Crippen LogP contribution in [0, 0.1) is 0 Å². The third kappa shape index (κ3) is 4.92. The topological polar surface area (TPSA) is 28.2 Å². The second-order valence-electron chi connectivity index (χ2n) is 5.70. The molecule has 1 fully saturated rings. The summed E-state index contributed by atoms with van der Waals surface area (Å²) in [6.07, 6.45) is 8.69. The highest BCUT2D eigenvalue weighted by atomic mass is 15.1. The minimum atomic E-state index is 0.647. The molecule has 0 aliphatic carbocycles. The van der Waals surface area contributed by atoms with Crippen LogP contribution in [0.1, 0.15) is 38.7 Å². The van der Waals surface area contributed by atoms with Crippen LogP contribution in [0.25, 0.3) is 0 Å². The zero-order valence-corrected chi connectivity index (χ0v) is 12.3. The molecular formula is C16H27N3. The second-order valence-corrected chi connectivity index (χ2v) is 5.70. The van der Waals surface area contributed by atoms with E-state index in [2.05, 4.69) is 41.2 Å². The lowest BCUT2D eigenvalue weighted by molar-refractivity contribution is 0.214. The number of nitrogens with one attached hydrogen (secondary N) is 1. The van der Waals surface area contributed by atoms with E-state index in [0.29, 0.717) is 12.1 Å². The lowest BCUT2D eigenvalue weighted by Crippen LogP contribution is -2.44. The first-order chi connectivity index (χ1) is 9.28. The van der Waals surface area contributed by atoms with E-state index in [1.54, 1.807) is 0 Å². The molecule has 0 amide bonds. The van der Waals surface area contributed by atoms with E-state index in [0.717, 1.165) is 6.42 Å². The van der Waals surface area contributed by atoms with Gasteiger partial charge in [0.25, 0.3) is 0 Å². The highest BCUT2D eigenvalue weighted by Crippen LogP contribution is 2.10. The minimum absolute atomic E-state index is 0.647. The Morgan fingerprint density at radius 1 is 1.26 bits per heavy atom. The summed E-state index contributed by atoms with van der Waals surface area (Å²) in [6, 6.07) is 5.60. The maximum Gasteiger partial charge on any atom is 0.0270 e. The Labute approximate surface area is 117 Å². The van der Waals surface area contributed by atoms with E-state index in [4.69, 9.17) is 0 Å². The molecule has 106 valence electrons. The molecule has 2 heterocycles. The summed E-state index contributed by atoms with van der Waals surface area (Å²) in [7, 11) is 0. The fourth-order valence-electron chi connectivity index (χ4n) is 2.78. The highest BCUT2D eigenvalue weighted by molar-refractivity contribution is 5.09.